The van der Waals surface area contributed by atoms with Crippen LogP contribution in [0.5, 0.6) is 0 Å². The first kappa shape index (κ1) is 20.0. The van der Waals surface area contributed by atoms with Gasteiger partial charge in [-0.15, -0.1) is 11.5 Å². The van der Waals surface area contributed by atoms with Crippen LogP contribution in [0.25, 0.3) is 0 Å². The quantitative estimate of drug-likeness (QED) is 0.250. The van der Waals surface area contributed by atoms with Crippen LogP contribution in [0.1, 0.15) is 29.4 Å². The fourth-order valence-electron chi connectivity index (χ4n) is 3.13. The van der Waals surface area contributed by atoms with E-state index in [0.29, 0.717) is 30.6 Å². The molecule has 0 saturated carbocycles. The van der Waals surface area contributed by atoms with E-state index in [2.05, 4.69) is 41.1 Å². The number of aliphatic imine (C=N–C) groups is 1. The number of aromatic nitrogens is 2. The van der Waals surface area contributed by atoms with Crippen LogP contribution in [-0.2, 0) is 13.0 Å². The second kappa shape index (κ2) is 8.06. The van der Waals surface area contributed by atoms with Crippen molar-refractivity contribution in [3.8, 4) is 11.5 Å². The molecule has 1 aromatic carbocycles. The number of nitro groups is 1. The zero-order chi connectivity index (χ0) is 20.3. The summed E-state index contributed by atoms with van der Waals surface area (Å²) in [4.78, 5) is 19.8. The van der Waals surface area contributed by atoms with Gasteiger partial charge in [0.2, 0.25) is 0 Å². The molecular weight excluding hydrogens is 375 g/mol. The monoisotopic (exact) mass is 398 g/mol. The number of nitrogens with zero attached hydrogens (tertiary/aromatic N) is 4. The van der Waals surface area contributed by atoms with Crippen LogP contribution >= 0.6 is 0 Å². The normalized spacial score (nSPS) is 17.2. The molecule has 146 valence electrons. The minimum absolute atomic E-state index is 0.00271. The number of halogens is 1. The Morgan fingerprint density at radius 2 is 2.21 bits per heavy atom. The van der Waals surface area contributed by atoms with Gasteiger partial charge in [-0.25, -0.2) is 9.37 Å². The zero-order valence-electron chi connectivity index (χ0n) is 16.2. The summed E-state index contributed by atoms with van der Waals surface area (Å²) >= 11 is 0. The lowest BCUT2D eigenvalue weighted by Gasteiger charge is -2.10. The molecule has 3 rings (SSSR count). The standard InChI is InChI=1S/C20H23FN4O2Si/c1-28(2,3)10-6-8-17(20-19-11-16(21)13-24(19)14-23-20)22-12-15-7-4-5-9-18(15)25(26)27/h4-5,7,9,12,14,16-17H,8,11,13H2,1-3H3/t16-,17?/m1/s1. The Morgan fingerprint density at radius 3 is 2.93 bits per heavy atom. The molecule has 1 aliphatic rings. The summed E-state index contributed by atoms with van der Waals surface area (Å²) in [5.74, 6) is 3.21. The lowest BCUT2D eigenvalue weighted by molar-refractivity contribution is -0.385. The van der Waals surface area contributed by atoms with E-state index in [1.807, 2.05) is 4.57 Å². The number of benzene rings is 1. The summed E-state index contributed by atoms with van der Waals surface area (Å²) < 4.78 is 15.6. The number of hydrogen-bond acceptors (Lipinski definition) is 4. The highest BCUT2D eigenvalue weighted by molar-refractivity contribution is 6.83. The number of para-hydroxylation sites is 1. The van der Waals surface area contributed by atoms with Crippen LogP contribution in [0.2, 0.25) is 19.6 Å². The first-order valence-electron chi connectivity index (χ1n) is 9.19. The van der Waals surface area contributed by atoms with Gasteiger partial charge in [0.1, 0.15) is 20.3 Å². The fraction of sp³-hybridized carbons (Fsp3) is 0.400. The molecule has 0 N–H and O–H groups in total. The molecule has 0 radical (unpaired) electrons. The van der Waals surface area contributed by atoms with Crippen molar-refractivity contribution < 1.29 is 9.31 Å². The number of hydrogen-bond donors (Lipinski definition) is 0. The maximum Gasteiger partial charge on any atom is 0.278 e. The van der Waals surface area contributed by atoms with E-state index >= 15 is 0 Å². The van der Waals surface area contributed by atoms with Crippen molar-refractivity contribution in [3.63, 3.8) is 0 Å². The molecule has 0 fully saturated rings. The average Bonchev–Trinajstić information content (AvgIpc) is 3.16. The topological polar surface area (TPSA) is 73.3 Å². The van der Waals surface area contributed by atoms with Crippen molar-refractivity contribution in [1.29, 1.82) is 0 Å². The Hall–Kier alpha value is -2.79. The van der Waals surface area contributed by atoms with E-state index in [1.165, 1.54) is 12.3 Å². The van der Waals surface area contributed by atoms with Gasteiger partial charge in [-0.3, -0.25) is 15.1 Å². The maximum atomic E-state index is 13.8. The van der Waals surface area contributed by atoms with Crippen molar-refractivity contribution in [2.75, 3.05) is 0 Å². The fourth-order valence-corrected chi connectivity index (χ4v) is 3.77. The van der Waals surface area contributed by atoms with Crippen LogP contribution in [-0.4, -0.2) is 34.9 Å². The number of fused-ring (bicyclic) bond motifs is 1. The first-order valence-corrected chi connectivity index (χ1v) is 12.7. The van der Waals surface area contributed by atoms with Crippen molar-refractivity contribution in [2.24, 2.45) is 4.99 Å². The molecule has 28 heavy (non-hydrogen) atoms. The van der Waals surface area contributed by atoms with Gasteiger partial charge in [-0.05, 0) is 6.07 Å². The molecule has 1 aliphatic heterocycles. The van der Waals surface area contributed by atoms with Crippen molar-refractivity contribution in [2.45, 2.75) is 51.2 Å². The highest BCUT2D eigenvalue weighted by Gasteiger charge is 2.28. The number of imidazole rings is 1. The van der Waals surface area contributed by atoms with Gasteiger partial charge < -0.3 is 4.57 Å². The highest BCUT2D eigenvalue weighted by Crippen LogP contribution is 2.29. The van der Waals surface area contributed by atoms with E-state index in [0.717, 1.165) is 5.69 Å². The van der Waals surface area contributed by atoms with Crippen LogP contribution in [0.4, 0.5) is 10.1 Å². The van der Waals surface area contributed by atoms with Gasteiger partial charge in [-0.1, -0.05) is 31.8 Å². The molecule has 8 heteroatoms. The second-order valence-electron chi connectivity index (χ2n) is 7.90. The zero-order valence-corrected chi connectivity index (χ0v) is 17.2. The molecule has 1 aromatic heterocycles. The van der Waals surface area contributed by atoms with Gasteiger partial charge in [0, 0.05) is 30.8 Å². The molecular formula is C20H23FN4O2Si. The van der Waals surface area contributed by atoms with Gasteiger partial charge in [0.15, 0.2) is 0 Å². The average molecular weight is 399 g/mol. The predicted octanol–water partition coefficient (Wildman–Crippen LogP) is 4.12. The number of alkyl halides is 1. The molecule has 2 aromatic rings. The molecule has 0 saturated heterocycles. The van der Waals surface area contributed by atoms with Crippen molar-refractivity contribution >= 4 is 20.0 Å². The summed E-state index contributed by atoms with van der Waals surface area (Å²) in [6, 6.07) is 6.07. The van der Waals surface area contributed by atoms with Crippen molar-refractivity contribution in [3.05, 3.63) is 57.7 Å². The van der Waals surface area contributed by atoms with Crippen LogP contribution in [0, 0.1) is 21.6 Å². The summed E-state index contributed by atoms with van der Waals surface area (Å²) in [7, 11) is -1.54. The highest BCUT2D eigenvalue weighted by atomic mass is 28.3. The third-order valence-electron chi connectivity index (χ3n) is 4.39. The SMILES string of the molecule is C[Si](C)(C)C#CCC(N=Cc1ccccc1[N+](=O)[O-])c1ncn2c1C[C@@H](F)C2. The summed E-state index contributed by atoms with van der Waals surface area (Å²) in [6.45, 7) is 6.79. The number of nitro benzene ring substituents is 1. The van der Waals surface area contributed by atoms with Gasteiger partial charge in [-0.2, -0.15) is 0 Å². The first-order chi connectivity index (χ1) is 13.2. The van der Waals surface area contributed by atoms with E-state index in [1.54, 1.807) is 24.5 Å². The Morgan fingerprint density at radius 1 is 1.46 bits per heavy atom. The van der Waals surface area contributed by atoms with E-state index < -0.39 is 19.2 Å². The molecule has 0 aliphatic carbocycles. The predicted molar refractivity (Wildman–Crippen MR) is 110 cm³/mol. The molecule has 0 bridgehead atoms. The van der Waals surface area contributed by atoms with Gasteiger partial charge in [0.25, 0.3) is 5.69 Å². The third kappa shape index (κ3) is 4.73. The van der Waals surface area contributed by atoms with Crippen molar-refractivity contribution in [1.82, 2.24) is 9.55 Å². The van der Waals surface area contributed by atoms with Crippen LogP contribution in [0.15, 0.2) is 35.6 Å². The van der Waals surface area contributed by atoms with Crippen LogP contribution < -0.4 is 0 Å². The Kier molecular flexibility index (Phi) is 5.75. The van der Waals surface area contributed by atoms with E-state index in [4.69, 9.17) is 0 Å². The largest absolute Gasteiger partial charge is 0.331 e. The van der Waals surface area contributed by atoms with E-state index in [-0.39, 0.29) is 11.7 Å². The summed E-state index contributed by atoms with van der Waals surface area (Å²) in [5, 5.41) is 11.2. The molecule has 0 amide bonds. The van der Waals surface area contributed by atoms with Crippen LogP contribution in [0.3, 0.4) is 0 Å². The van der Waals surface area contributed by atoms with Gasteiger partial charge >= 0.3 is 0 Å². The lowest BCUT2D eigenvalue weighted by atomic mass is 10.1. The smallest absolute Gasteiger partial charge is 0.278 e. The molecule has 1 unspecified atom stereocenters. The Bertz CT molecular complexity index is 969. The number of rotatable bonds is 5. The summed E-state index contributed by atoms with van der Waals surface area (Å²) in [5.41, 5.74) is 5.29. The molecule has 0 spiro atoms. The Labute approximate surface area is 164 Å². The third-order valence-corrected chi connectivity index (χ3v) is 5.32. The Balaban J connectivity index is 1.93. The molecule has 6 nitrogen and oxygen atoms in total. The lowest BCUT2D eigenvalue weighted by Crippen LogP contribution is -2.16. The van der Waals surface area contributed by atoms with Gasteiger partial charge in [0.05, 0.1) is 29.1 Å². The minimum atomic E-state index is -1.54. The maximum absolute atomic E-state index is 13.8. The molecule has 2 atom stereocenters. The minimum Gasteiger partial charge on any atom is -0.331 e. The molecule has 2 heterocycles. The second-order valence-corrected chi connectivity index (χ2v) is 12.6. The van der Waals surface area contributed by atoms with E-state index in [9.17, 15) is 14.5 Å². The summed E-state index contributed by atoms with van der Waals surface area (Å²) in [6.07, 6.45) is 3.00.